The molecule has 0 aliphatic rings. The number of carboxylic acids is 1. The monoisotopic (exact) mass is 373 g/mol. The summed E-state index contributed by atoms with van der Waals surface area (Å²) in [7, 11) is 1.59. The molecule has 2 aromatic carbocycles. The van der Waals surface area contributed by atoms with Crippen LogP contribution in [0.15, 0.2) is 48.5 Å². The van der Waals surface area contributed by atoms with Crippen molar-refractivity contribution in [3.63, 3.8) is 0 Å². The van der Waals surface area contributed by atoms with Crippen LogP contribution < -0.4 is 19.5 Å². The Kier molecular flexibility index (Phi) is 7.96. The Hall–Kier alpha value is -3.22. The second-order valence-electron chi connectivity index (χ2n) is 5.66. The van der Waals surface area contributed by atoms with Crippen LogP contribution in [0.1, 0.15) is 18.4 Å². The number of carbonyl (C=O) groups excluding carboxylic acids is 1. The average molecular weight is 373 g/mol. The zero-order chi connectivity index (χ0) is 19.5. The Balaban J connectivity index is 1.69. The molecule has 2 rings (SSSR count). The maximum atomic E-state index is 11.5. The second kappa shape index (κ2) is 10.7. The first-order chi connectivity index (χ1) is 13.1. The number of nitrogens with one attached hydrogen (secondary N) is 1. The van der Waals surface area contributed by atoms with Gasteiger partial charge >= 0.3 is 5.97 Å². The summed E-state index contributed by atoms with van der Waals surface area (Å²) in [6.07, 6.45) is -0.196. The van der Waals surface area contributed by atoms with Crippen LogP contribution in [0.25, 0.3) is 0 Å². The number of benzene rings is 2. The maximum absolute atomic E-state index is 11.5. The lowest BCUT2D eigenvalue weighted by Gasteiger charge is -2.11. The summed E-state index contributed by atoms with van der Waals surface area (Å²) < 4.78 is 16.5. The molecule has 2 aromatic rings. The van der Waals surface area contributed by atoms with Gasteiger partial charge in [-0.2, -0.15) is 0 Å². The molecule has 0 unspecified atom stereocenters. The topological polar surface area (TPSA) is 94.1 Å². The van der Waals surface area contributed by atoms with E-state index in [1.165, 1.54) is 0 Å². The number of ether oxygens (including phenoxy) is 3. The summed E-state index contributed by atoms with van der Waals surface area (Å²) in [5, 5.41) is 11.2. The van der Waals surface area contributed by atoms with Crippen molar-refractivity contribution in [3.05, 3.63) is 54.1 Å². The minimum atomic E-state index is -0.985. The number of hydrogen-bond donors (Lipinski definition) is 2. The van der Waals surface area contributed by atoms with Gasteiger partial charge in [0, 0.05) is 13.0 Å². The molecule has 0 radical (unpaired) electrons. The summed E-state index contributed by atoms with van der Waals surface area (Å²) >= 11 is 0. The van der Waals surface area contributed by atoms with E-state index in [1.54, 1.807) is 7.11 Å². The Labute approximate surface area is 157 Å². The molecule has 0 fully saturated rings. The number of carboxylic acid groups (broad SMARTS) is 1. The van der Waals surface area contributed by atoms with Gasteiger partial charge < -0.3 is 24.6 Å². The van der Waals surface area contributed by atoms with Crippen LogP contribution in [-0.2, 0) is 16.1 Å². The van der Waals surface area contributed by atoms with E-state index in [9.17, 15) is 9.59 Å². The molecule has 144 valence electrons. The van der Waals surface area contributed by atoms with Gasteiger partial charge in [-0.25, -0.2) is 0 Å². The lowest BCUT2D eigenvalue weighted by atomic mass is 10.2. The molecule has 0 saturated heterocycles. The lowest BCUT2D eigenvalue weighted by molar-refractivity contribution is -0.138. The van der Waals surface area contributed by atoms with Gasteiger partial charge in [0.1, 0.15) is 19.0 Å². The fraction of sp³-hybridized carbons (Fsp3) is 0.300. The number of methoxy groups -OCH3 is 1. The predicted molar refractivity (Wildman–Crippen MR) is 99.1 cm³/mol. The molecule has 7 heteroatoms. The first kappa shape index (κ1) is 20.1. The molecule has 2 N–H and O–H groups in total. The first-order valence-electron chi connectivity index (χ1n) is 8.54. The number of amides is 1. The summed E-state index contributed by atoms with van der Waals surface area (Å²) in [5.41, 5.74) is 0.899. The van der Waals surface area contributed by atoms with Crippen molar-refractivity contribution in [1.29, 1.82) is 0 Å². The average Bonchev–Trinajstić information content (AvgIpc) is 2.69. The van der Waals surface area contributed by atoms with E-state index in [4.69, 9.17) is 19.3 Å². The molecule has 1 amide bonds. The highest BCUT2D eigenvalue weighted by Crippen LogP contribution is 2.25. The predicted octanol–water partition coefficient (Wildman–Crippen LogP) is 2.63. The van der Waals surface area contributed by atoms with Crippen molar-refractivity contribution >= 4 is 11.9 Å². The molecule has 0 spiro atoms. The molecular formula is C20H23NO6. The summed E-state index contributed by atoms with van der Waals surface area (Å²) in [6, 6.07) is 14.7. The quantitative estimate of drug-likeness (QED) is 0.588. The highest BCUT2D eigenvalue weighted by molar-refractivity contribution is 5.80. The van der Waals surface area contributed by atoms with Crippen molar-refractivity contribution in [2.24, 2.45) is 0 Å². The van der Waals surface area contributed by atoms with Gasteiger partial charge in [-0.15, -0.1) is 0 Å². The molecular weight excluding hydrogens is 350 g/mol. The van der Waals surface area contributed by atoms with Gasteiger partial charge in [0.25, 0.3) is 0 Å². The van der Waals surface area contributed by atoms with Crippen LogP contribution in [-0.4, -0.2) is 37.3 Å². The normalized spacial score (nSPS) is 10.1. The number of carbonyl (C=O) groups is 2. The molecule has 27 heavy (non-hydrogen) atoms. The highest BCUT2D eigenvalue weighted by Gasteiger charge is 2.05. The van der Waals surface area contributed by atoms with Crippen LogP contribution in [0, 0.1) is 0 Å². The SMILES string of the molecule is COc1ccccc1OCCOc1ccc(CNC(=O)CCC(=O)O)cc1. The van der Waals surface area contributed by atoms with E-state index in [-0.39, 0.29) is 18.7 Å². The number of para-hydroxylation sites is 2. The van der Waals surface area contributed by atoms with Gasteiger partial charge in [0.05, 0.1) is 13.5 Å². The smallest absolute Gasteiger partial charge is 0.303 e. The highest BCUT2D eigenvalue weighted by atomic mass is 16.5. The third-order valence-electron chi connectivity index (χ3n) is 3.66. The zero-order valence-corrected chi connectivity index (χ0v) is 15.1. The Morgan fingerprint density at radius 1 is 0.926 bits per heavy atom. The number of rotatable bonds is 11. The second-order valence-corrected chi connectivity index (χ2v) is 5.66. The van der Waals surface area contributed by atoms with Gasteiger partial charge in [0.2, 0.25) is 5.91 Å². The van der Waals surface area contributed by atoms with Crippen molar-refractivity contribution in [2.45, 2.75) is 19.4 Å². The van der Waals surface area contributed by atoms with Crippen LogP contribution in [0.4, 0.5) is 0 Å². The van der Waals surface area contributed by atoms with E-state index in [2.05, 4.69) is 5.32 Å². The molecule has 0 atom stereocenters. The molecule has 0 heterocycles. The van der Waals surface area contributed by atoms with Crippen molar-refractivity contribution < 1.29 is 28.9 Å². The summed E-state index contributed by atoms with van der Waals surface area (Å²) in [6.45, 7) is 1.10. The Morgan fingerprint density at radius 2 is 1.59 bits per heavy atom. The summed E-state index contributed by atoms with van der Waals surface area (Å²) in [5.74, 6) is 0.761. The molecule has 0 saturated carbocycles. The van der Waals surface area contributed by atoms with E-state index in [0.717, 1.165) is 5.56 Å². The standard InChI is InChI=1S/C20H23NO6/c1-25-17-4-2-3-5-18(17)27-13-12-26-16-8-6-15(7-9-16)14-21-19(22)10-11-20(23)24/h2-9H,10-14H2,1H3,(H,21,22)(H,23,24). The molecule has 7 nitrogen and oxygen atoms in total. The van der Waals surface area contributed by atoms with Gasteiger partial charge in [-0.1, -0.05) is 24.3 Å². The minimum absolute atomic E-state index is 0.0251. The van der Waals surface area contributed by atoms with Gasteiger partial charge in [0.15, 0.2) is 11.5 Å². The number of aliphatic carboxylic acids is 1. The van der Waals surface area contributed by atoms with Crippen LogP contribution in [0.3, 0.4) is 0 Å². The summed E-state index contributed by atoms with van der Waals surface area (Å²) in [4.78, 5) is 21.9. The van der Waals surface area contributed by atoms with Crippen LogP contribution in [0.2, 0.25) is 0 Å². The first-order valence-corrected chi connectivity index (χ1v) is 8.54. The van der Waals surface area contributed by atoms with Crippen molar-refractivity contribution in [3.8, 4) is 17.2 Å². The Bertz CT molecular complexity index is 744. The van der Waals surface area contributed by atoms with E-state index in [1.807, 2.05) is 48.5 Å². The third-order valence-corrected chi connectivity index (χ3v) is 3.66. The molecule has 0 aromatic heterocycles. The van der Waals surface area contributed by atoms with Crippen molar-refractivity contribution in [1.82, 2.24) is 5.32 Å². The minimum Gasteiger partial charge on any atom is -0.493 e. The van der Waals surface area contributed by atoms with Gasteiger partial charge in [-0.3, -0.25) is 9.59 Å². The molecule has 0 aliphatic heterocycles. The van der Waals surface area contributed by atoms with Gasteiger partial charge in [-0.05, 0) is 29.8 Å². The molecule has 0 bridgehead atoms. The zero-order valence-electron chi connectivity index (χ0n) is 15.1. The fourth-order valence-electron chi connectivity index (χ4n) is 2.26. The van der Waals surface area contributed by atoms with E-state index in [0.29, 0.717) is 37.0 Å². The van der Waals surface area contributed by atoms with Crippen LogP contribution in [0.5, 0.6) is 17.2 Å². The largest absolute Gasteiger partial charge is 0.493 e. The van der Waals surface area contributed by atoms with Crippen molar-refractivity contribution in [2.75, 3.05) is 20.3 Å². The lowest BCUT2D eigenvalue weighted by Crippen LogP contribution is -2.23. The Morgan fingerprint density at radius 3 is 2.26 bits per heavy atom. The third kappa shape index (κ3) is 7.27. The maximum Gasteiger partial charge on any atom is 0.303 e. The molecule has 0 aliphatic carbocycles. The van der Waals surface area contributed by atoms with Crippen LogP contribution >= 0.6 is 0 Å². The van der Waals surface area contributed by atoms with E-state index >= 15 is 0 Å². The number of hydrogen-bond acceptors (Lipinski definition) is 5. The van der Waals surface area contributed by atoms with E-state index < -0.39 is 5.97 Å². The fourth-order valence-corrected chi connectivity index (χ4v) is 2.26.